The monoisotopic (exact) mass is 332 g/mol. The van der Waals surface area contributed by atoms with Gasteiger partial charge in [0.2, 0.25) is 5.82 Å². The van der Waals surface area contributed by atoms with Crippen LogP contribution in [-0.4, -0.2) is 24.5 Å². The van der Waals surface area contributed by atoms with Crippen molar-refractivity contribution < 1.29 is 23.6 Å². The second-order valence-corrected chi connectivity index (χ2v) is 5.15. The van der Waals surface area contributed by atoms with E-state index in [0.29, 0.717) is 5.75 Å². The maximum absolute atomic E-state index is 13.7. The van der Waals surface area contributed by atoms with Crippen molar-refractivity contribution >= 4 is 17.3 Å². The van der Waals surface area contributed by atoms with Gasteiger partial charge in [0.05, 0.1) is 24.3 Å². The number of carbonyl (C=O) groups is 1. The van der Waals surface area contributed by atoms with Crippen LogP contribution in [-0.2, 0) is 11.3 Å². The Balaban J connectivity index is 1.97. The fourth-order valence-corrected chi connectivity index (χ4v) is 2.44. The van der Waals surface area contributed by atoms with Gasteiger partial charge in [-0.15, -0.1) is 0 Å². The van der Waals surface area contributed by atoms with Gasteiger partial charge in [-0.3, -0.25) is 14.9 Å². The third-order valence-corrected chi connectivity index (χ3v) is 3.67. The highest BCUT2D eigenvalue weighted by atomic mass is 19.1. The third kappa shape index (κ3) is 2.85. The van der Waals surface area contributed by atoms with Crippen molar-refractivity contribution in [2.45, 2.75) is 6.54 Å². The van der Waals surface area contributed by atoms with E-state index in [1.165, 1.54) is 4.90 Å². The number of nitro benzene ring substituents is 1. The van der Waals surface area contributed by atoms with Gasteiger partial charge in [-0.25, -0.2) is 0 Å². The second kappa shape index (κ2) is 6.15. The van der Waals surface area contributed by atoms with Crippen LogP contribution in [0, 0.1) is 15.9 Å². The van der Waals surface area contributed by atoms with Crippen molar-refractivity contribution in [3.63, 3.8) is 0 Å². The SMILES string of the molecule is COc1ccc(CN2C(=O)COc3cc(F)c([N+](=O)[O-])cc32)cc1. The minimum Gasteiger partial charge on any atom is -0.497 e. The lowest BCUT2D eigenvalue weighted by Crippen LogP contribution is -2.38. The highest BCUT2D eigenvalue weighted by Gasteiger charge is 2.30. The van der Waals surface area contributed by atoms with Gasteiger partial charge in [-0.05, 0) is 17.7 Å². The molecule has 0 atom stereocenters. The lowest BCUT2D eigenvalue weighted by atomic mass is 10.1. The van der Waals surface area contributed by atoms with Gasteiger partial charge in [0.15, 0.2) is 6.61 Å². The molecule has 8 heteroatoms. The van der Waals surface area contributed by atoms with Crippen LogP contribution in [0.2, 0.25) is 0 Å². The van der Waals surface area contributed by atoms with Crippen LogP contribution >= 0.6 is 0 Å². The number of nitro groups is 1. The first kappa shape index (κ1) is 15.7. The van der Waals surface area contributed by atoms with Crippen LogP contribution in [0.1, 0.15) is 5.56 Å². The fourth-order valence-electron chi connectivity index (χ4n) is 2.44. The van der Waals surface area contributed by atoms with Crippen molar-refractivity contribution in [1.29, 1.82) is 0 Å². The van der Waals surface area contributed by atoms with Crippen molar-refractivity contribution in [2.24, 2.45) is 0 Å². The molecule has 0 N–H and O–H groups in total. The van der Waals surface area contributed by atoms with Crippen molar-refractivity contribution in [1.82, 2.24) is 0 Å². The predicted octanol–water partition coefficient (Wildman–Crippen LogP) is 2.67. The largest absolute Gasteiger partial charge is 0.497 e. The highest BCUT2D eigenvalue weighted by molar-refractivity contribution is 5.98. The van der Waals surface area contributed by atoms with Crippen molar-refractivity contribution in [3.8, 4) is 11.5 Å². The molecule has 0 fully saturated rings. The molecular weight excluding hydrogens is 319 g/mol. The van der Waals surface area contributed by atoms with Crippen molar-refractivity contribution in [3.05, 3.63) is 57.9 Å². The molecule has 0 unspecified atom stereocenters. The normalized spacial score (nSPS) is 13.2. The maximum atomic E-state index is 13.7. The lowest BCUT2D eigenvalue weighted by Gasteiger charge is -2.29. The van der Waals surface area contributed by atoms with Gasteiger partial charge in [-0.1, -0.05) is 12.1 Å². The van der Waals surface area contributed by atoms with Gasteiger partial charge >= 0.3 is 5.69 Å². The summed E-state index contributed by atoms with van der Waals surface area (Å²) in [5.41, 5.74) is 0.269. The molecule has 0 saturated heterocycles. The summed E-state index contributed by atoms with van der Waals surface area (Å²) in [7, 11) is 1.55. The molecule has 0 aliphatic carbocycles. The first-order valence-electron chi connectivity index (χ1n) is 7.03. The number of fused-ring (bicyclic) bond motifs is 1. The Morgan fingerprint density at radius 2 is 2.04 bits per heavy atom. The minimum absolute atomic E-state index is 0.103. The van der Waals surface area contributed by atoms with Crippen LogP contribution in [0.3, 0.4) is 0 Å². The Bertz CT molecular complexity index is 807. The number of ether oxygens (including phenoxy) is 2. The fraction of sp³-hybridized carbons (Fsp3) is 0.188. The number of anilines is 1. The molecule has 0 saturated carbocycles. The Morgan fingerprint density at radius 1 is 1.33 bits per heavy atom. The van der Waals surface area contributed by atoms with Gasteiger partial charge in [0.25, 0.3) is 5.91 Å². The summed E-state index contributed by atoms with van der Waals surface area (Å²) in [6.45, 7) is -0.0671. The Kier molecular flexibility index (Phi) is 4.03. The Labute approximate surface area is 136 Å². The molecule has 3 rings (SSSR count). The summed E-state index contributed by atoms with van der Waals surface area (Å²) in [6, 6.07) is 8.99. The molecule has 124 valence electrons. The smallest absolute Gasteiger partial charge is 0.307 e. The number of benzene rings is 2. The van der Waals surface area contributed by atoms with E-state index in [4.69, 9.17) is 9.47 Å². The first-order valence-corrected chi connectivity index (χ1v) is 7.03. The van der Waals surface area contributed by atoms with E-state index >= 15 is 0 Å². The molecule has 0 spiro atoms. The Hall–Kier alpha value is -3.16. The van der Waals surface area contributed by atoms with E-state index in [9.17, 15) is 19.3 Å². The number of amides is 1. The zero-order valence-corrected chi connectivity index (χ0v) is 12.7. The zero-order chi connectivity index (χ0) is 17.3. The van der Waals surface area contributed by atoms with Crippen LogP contribution < -0.4 is 14.4 Å². The quantitative estimate of drug-likeness (QED) is 0.635. The number of methoxy groups -OCH3 is 1. The van der Waals surface area contributed by atoms with Gasteiger partial charge in [-0.2, -0.15) is 4.39 Å². The molecule has 1 amide bonds. The predicted molar refractivity (Wildman–Crippen MR) is 82.7 cm³/mol. The summed E-state index contributed by atoms with van der Waals surface area (Å²) >= 11 is 0. The number of carbonyl (C=O) groups excluding carboxylic acids is 1. The molecule has 0 bridgehead atoms. The van der Waals surface area contributed by atoms with E-state index in [0.717, 1.165) is 17.7 Å². The summed E-state index contributed by atoms with van der Waals surface area (Å²) in [4.78, 5) is 23.6. The van der Waals surface area contributed by atoms with Crippen molar-refractivity contribution in [2.75, 3.05) is 18.6 Å². The van der Waals surface area contributed by atoms with Gasteiger partial charge in [0, 0.05) is 12.1 Å². The van der Waals surface area contributed by atoms with Crippen LogP contribution in [0.25, 0.3) is 0 Å². The van der Waals surface area contributed by atoms with E-state index in [2.05, 4.69) is 0 Å². The molecule has 7 nitrogen and oxygen atoms in total. The maximum Gasteiger partial charge on any atom is 0.307 e. The Morgan fingerprint density at radius 3 is 2.67 bits per heavy atom. The summed E-state index contributed by atoms with van der Waals surface area (Å²) in [6.07, 6.45) is 0. The molecule has 1 heterocycles. The molecule has 24 heavy (non-hydrogen) atoms. The summed E-state index contributed by atoms with van der Waals surface area (Å²) in [5.74, 6) is -0.590. The molecule has 0 radical (unpaired) electrons. The van der Waals surface area contributed by atoms with E-state index in [1.807, 2.05) is 0 Å². The number of nitrogens with zero attached hydrogens (tertiary/aromatic N) is 2. The molecule has 2 aromatic rings. The number of hydrogen-bond donors (Lipinski definition) is 0. The standard InChI is InChI=1S/C16H13FN2O5/c1-23-11-4-2-10(3-5-11)8-18-14-7-13(19(21)22)12(17)6-15(14)24-9-16(18)20/h2-7H,8-9H2,1H3. The average Bonchev–Trinajstić information content (AvgIpc) is 2.57. The van der Waals surface area contributed by atoms with E-state index in [-0.39, 0.29) is 30.5 Å². The summed E-state index contributed by atoms with van der Waals surface area (Å²) < 4.78 is 24.0. The van der Waals surface area contributed by atoms with Gasteiger partial charge in [0.1, 0.15) is 11.5 Å². The number of halogens is 1. The summed E-state index contributed by atoms with van der Waals surface area (Å²) in [5, 5.41) is 10.9. The first-order chi connectivity index (χ1) is 11.5. The number of hydrogen-bond acceptors (Lipinski definition) is 5. The van der Waals surface area contributed by atoms with Crippen LogP contribution in [0.4, 0.5) is 15.8 Å². The molecule has 0 aromatic heterocycles. The van der Waals surface area contributed by atoms with Gasteiger partial charge < -0.3 is 14.4 Å². The second-order valence-electron chi connectivity index (χ2n) is 5.15. The lowest BCUT2D eigenvalue weighted by molar-refractivity contribution is -0.387. The zero-order valence-electron chi connectivity index (χ0n) is 12.7. The third-order valence-electron chi connectivity index (χ3n) is 3.67. The molecule has 1 aliphatic heterocycles. The number of rotatable bonds is 4. The topological polar surface area (TPSA) is 81.9 Å². The minimum atomic E-state index is -1.00. The van der Waals surface area contributed by atoms with E-state index < -0.39 is 16.4 Å². The van der Waals surface area contributed by atoms with E-state index in [1.54, 1.807) is 31.4 Å². The van der Waals surface area contributed by atoms with Crippen LogP contribution in [0.5, 0.6) is 11.5 Å². The average molecular weight is 332 g/mol. The molecular formula is C16H13FN2O5. The van der Waals surface area contributed by atoms with Crippen LogP contribution in [0.15, 0.2) is 36.4 Å². The molecule has 1 aliphatic rings. The highest BCUT2D eigenvalue weighted by Crippen LogP contribution is 2.38. The molecule has 2 aromatic carbocycles.